The summed E-state index contributed by atoms with van der Waals surface area (Å²) in [6.45, 7) is 7.72. The Hall–Kier alpha value is -4.33. The molecule has 0 spiro atoms. The molecule has 2 aromatic carbocycles. The third-order valence-corrected chi connectivity index (χ3v) is 5.55. The Morgan fingerprint density at radius 2 is 1.97 bits per heavy atom. The molecule has 0 saturated heterocycles. The van der Waals surface area contributed by atoms with Crippen LogP contribution in [-0.4, -0.2) is 35.5 Å². The van der Waals surface area contributed by atoms with Gasteiger partial charge in [-0.25, -0.2) is 14.3 Å². The molecule has 0 radical (unpaired) electrons. The van der Waals surface area contributed by atoms with Crippen LogP contribution in [0.3, 0.4) is 0 Å². The molecule has 2 amide bonds. The van der Waals surface area contributed by atoms with Crippen LogP contribution < -0.4 is 15.4 Å². The lowest BCUT2D eigenvalue weighted by Gasteiger charge is -2.27. The van der Waals surface area contributed by atoms with Gasteiger partial charge in [-0.05, 0) is 49.7 Å². The minimum absolute atomic E-state index is 0.318. The number of amides is 2. The highest BCUT2D eigenvalue weighted by Crippen LogP contribution is 2.36. The number of hydrogen-bond donors (Lipinski definition) is 2. The fourth-order valence-corrected chi connectivity index (χ4v) is 3.95. The Kier molecular flexibility index (Phi) is 6.49. The number of aryl methyl sites for hydroxylation is 1. The number of esters is 1. The van der Waals surface area contributed by atoms with Gasteiger partial charge in [0.05, 0.1) is 30.1 Å². The number of urea groups is 1. The van der Waals surface area contributed by atoms with Crippen molar-refractivity contribution < 1.29 is 19.1 Å². The molecular weight excluding hydrogens is 432 g/mol. The Morgan fingerprint density at radius 1 is 1.21 bits per heavy atom. The molecule has 1 aromatic heterocycles. The number of methoxy groups -OCH3 is 1. The Balaban J connectivity index is 1.88. The van der Waals surface area contributed by atoms with Crippen molar-refractivity contribution >= 4 is 12.0 Å². The van der Waals surface area contributed by atoms with E-state index < -0.39 is 18.0 Å². The maximum atomic E-state index is 12.7. The molecule has 1 atom stereocenters. The fourth-order valence-electron chi connectivity index (χ4n) is 3.95. The van der Waals surface area contributed by atoms with Crippen LogP contribution in [-0.2, 0) is 9.53 Å². The number of carbonyl (C=O) groups is 2. The second-order valence-electron chi connectivity index (χ2n) is 7.85. The number of nitrogens with zero attached hydrogens (tertiary/aromatic N) is 2. The normalized spacial score (nSPS) is 15.4. The van der Waals surface area contributed by atoms with E-state index in [9.17, 15) is 9.59 Å². The highest BCUT2D eigenvalue weighted by atomic mass is 16.5. The lowest BCUT2D eigenvalue weighted by Crippen LogP contribution is -2.45. The van der Waals surface area contributed by atoms with Crippen molar-refractivity contribution in [2.45, 2.75) is 19.9 Å². The van der Waals surface area contributed by atoms with Crippen LogP contribution in [0.15, 0.2) is 78.7 Å². The molecule has 0 aliphatic carbocycles. The van der Waals surface area contributed by atoms with Gasteiger partial charge in [0.15, 0.2) is 0 Å². The van der Waals surface area contributed by atoms with Gasteiger partial charge in [-0.1, -0.05) is 30.9 Å². The van der Waals surface area contributed by atoms with Crippen molar-refractivity contribution in [3.05, 3.63) is 89.8 Å². The molecule has 0 bridgehead atoms. The third kappa shape index (κ3) is 4.43. The molecule has 1 unspecified atom stereocenters. The van der Waals surface area contributed by atoms with Crippen LogP contribution in [0, 0.1) is 6.92 Å². The molecule has 3 aromatic rings. The summed E-state index contributed by atoms with van der Waals surface area (Å²) in [6, 6.07) is 14.2. The summed E-state index contributed by atoms with van der Waals surface area (Å²) in [5.74, 6) is 0.214. The van der Waals surface area contributed by atoms with E-state index >= 15 is 0 Å². The molecule has 2 heterocycles. The smallest absolute Gasteiger partial charge is 0.337 e. The molecule has 2 N–H and O–H groups in total. The molecule has 0 fully saturated rings. The number of aromatic nitrogens is 2. The predicted octanol–water partition coefficient (Wildman–Crippen LogP) is 4.21. The van der Waals surface area contributed by atoms with E-state index in [1.807, 2.05) is 61.7 Å². The molecule has 1 aliphatic rings. The predicted molar refractivity (Wildman–Crippen MR) is 129 cm³/mol. The topological polar surface area (TPSA) is 94.5 Å². The van der Waals surface area contributed by atoms with Crippen LogP contribution in [0.25, 0.3) is 16.9 Å². The molecule has 4 rings (SSSR count). The van der Waals surface area contributed by atoms with E-state index in [1.165, 1.54) is 7.11 Å². The maximum absolute atomic E-state index is 12.7. The highest BCUT2D eigenvalue weighted by Gasteiger charge is 2.35. The Bertz CT molecular complexity index is 1280. The minimum atomic E-state index is -0.745. The molecule has 8 heteroatoms. The summed E-state index contributed by atoms with van der Waals surface area (Å²) < 4.78 is 12.5. The van der Waals surface area contributed by atoms with Crippen molar-refractivity contribution in [3.8, 4) is 22.7 Å². The van der Waals surface area contributed by atoms with Crippen molar-refractivity contribution in [1.82, 2.24) is 20.4 Å². The number of rotatable bonds is 7. The summed E-state index contributed by atoms with van der Waals surface area (Å²) in [6.07, 6.45) is 3.52. The first-order chi connectivity index (χ1) is 16.4. The zero-order valence-corrected chi connectivity index (χ0v) is 19.3. The lowest BCUT2D eigenvalue weighted by atomic mass is 9.93. The van der Waals surface area contributed by atoms with Crippen LogP contribution in [0.1, 0.15) is 24.1 Å². The molecular formula is C26H26N4O4. The standard InChI is InChI=1S/C26H26N4O4/c1-5-13-34-21-12-11-18(14-16(21)2)23-20(15-30(29-23)19-9-7-6-8-10-19)24-22(25(31)33-4)17(3)27-26(32)28-24/h5-12,14-15,24H,1,13H2,2-4H3,(H2,27,28,32). The summed E-state index contributed by atoms with van der Waals surface area (Å²) in [5, 5.41) is 10.4. The van der Waals surface area contributed by atoms with Crippen molar-refractivity contribution in [1.29, 1.82) is 0 Å². The minimum Gasteiger partial charge on any atom is -0.489 e. The highest BCUT2D eigenvalue weighted by molar-refractivity contribution is 5.95. The van der Waals surface area contributed by atoms with Crippen LogP contribution in [0.4, 0.5) is 4.79 Å². The van der Waals surface area contributed by atoms with Crippen molar-refractivity contribution in [2.75, 3.05) is 13.7 Å². The van der Waals surface area contributed by atoms with Crippen molar-refractivity contribution in [2.24, 2.45) is 0 Å². The van der Waals surface area contributed by atoms with Gasteiger partial charge >= 0.3 is 12.0 Å². The Labute approximate surface area is 197 Å². The lowest BCUT2D eigenvalue weighted by molar-refractivity contribution is -0.136. The number of nitrogens with one attached hydrogen (secondary N) is 2. The second kappa shape index (κ2) is 9.66. The summed E-state index contributed by atoms with van der Waals surface area (Å²) in [5.41, 5.74) is 4.64. The van der Waals surface area contributed by atoms with Gasteiger partial charge in [0.2, 0.25) is 0 Å². The van der Waals surface area contributed by atoms with Gasteiger partial charge in [-0.3, -0.25) is 0 Å². The van der Waals surface area contributed by atoms with Gasteiger partial charge in [0, 0.05) is 23.0 Å². The first-order valence-corrected chi connectivity index (χ1v) is 10.8. The number of benzene rings is 2. The Morgan fingerprint density at radius 3 is 2.65 bits per heavy atom. The number of allylic oxidation sites excluding steroid dienone is 1. The summed E-state index contributed by atoms with van der Waals surface area (Å²) in [7, 11) is 1.32. The number of para-hydroxylation sites is 1. The van der Waals surface area contributed by atoms with E-state index in [0.717, 1.165) is 22.6 Å². The average Bonchev–Trinajstić information content (AvgIpc) is 3.28. The maximum Gasteiger partial charge on any atom is 0.337 e. The van der Waals surface area contributed by atoms with E-state index in [4.69, 9.17) is 14.6 Å². The van der Waals surface area contributed by atoms with Gasteiger partial charge in [0.25, 0.3) is 0 Å². The molecule has 174 valence electrons. The number of ether oxygens (including phenoxy) is 2. The largest absolute Gasteiger partial charge is 0.489 e. The molecule has 0 saturated carbocycles. The van der Waals surface area contributed by atoms with E-state index in [-0.39, 0.29) is 0 Å². The second-order valence-corrected chi connectivity index (χ2v) is 7.85. The SMILES string of the molecule is C=CCOc1ccc(-c2nn(-c3ccccc3)cc2C2NC(=O)NC(C)=C2C(=O)OC)cc1C. The van der Waals surface area contributed by atoms with Gasteiger partial charge in [0.1, 0.15) is 12.4 Å². The first-order valence-electron chi connectivity index (χ1n) is 10.8. The van der Waals surface area contributed by atoms with E-state index in [1.54, 1.807) is 17.7 Å². The molecule has 34 heavy (non-hydrogen) atoms. The van der Waals surface area contributed by atoms with Crippen LogP contribution in [0.2, 0.25) is 0 Å². The van der Waals surface area contributed by atoms with Crippen LogP contribution in [0.5, 0.6) is 5.75 Å². The van der Waals surface area contributed by atoms with Gasteiger partial charge in [-0.2, -0.15) is 5.10 Å². The fraction of sp³-hybridized carbons (Fsp3) is 0.192. The molecule has 1 aliphatic heterocycles. The quantitative estimate of drug-likeness (QED) is 0.409. The zero-order valence-electron chi connectivity index (χ0n) is 19.3. The average molecular weight is 459 g/mol. The van der Waals surface area contributed by atoms with E-state index in [2.05, 4.69) is 17.2 Å². The van der Waals surface area contributed by atoms with Gasteiger partial charge in [-0.15, -0.1) is 0 Å². The zero-order chi connectivity index (χ0) is 24.2. The van der Waals surface area contributed by atoms with E-state index in [0.29, 0.717) is 29.1 Å². The van der Waals surface area contributed by atoms with Crippen LogP contribution >= 0.6 is 0 Å². The van der Waals surface area contributed by atoms with Gasteiger partial charge < -0.3 is 20.1 Å². The third-order valence-electron chi connectivity index (χ3n) is 5.55. The molecule has 8 nitrogen and oxygen atoms in total. The number of carbonyl (C=O) groups excluding carboxylic acids is 2. The number of hydrogen-bond acceptors (Lipinski definition) is 5. The van der Waals surface area contributed by atoms with Crippen molar-refractivity contribution in [3.63, 3.8) is 0 Å². The first kappa shape index (κ1) is 22.8. The monoisotopic (exact) mass is 458 g/mol. The summed E-state index contributed by atoms with van der Waals surface area (Å²) >= 11 is 0. The summed E-state index contributed by atoms with van der Waals surface area (Å²) in [4.78, 5) is 25.0.